The van der Waals surface area contributed by atoms with Gasteiger partial charge in [-0.1, -0.05) is 30.3 Å². The smallest absolute Gasteiger partial charge is 0.337 e. The first-order valence-electron chi connectivity index (χ1n) is 14.9. The Morgan fingerprint density at radius 1 is 1.00 bits per heavy atom. The third-order valence-electron chi connectivity index (χ3n) is 8.81. The first-order chi connectivity index (χ1) is 21.6. The van der Waals surface area contributed by atoms with E-state index in [0.717, 1.165) is 76.8 Å². The number of esters is 1. The lowest BCUT2D eigenvalue weighted by Crippen LogP contribution is -2.16. The van der Waals surface area contributed by atoms with Crippen LogP contribution in [0.15, 0.2) is 72.8 Å². The third-order valence-corrected chi connectivity index (χ3v) is 8.81. The molecule has 5 aromatic rings. The summed E-state index contributed by atoms with van der Waals surface area (Å²) >= 11 is 0. The van der Waals surface area contributed by atoms with Gasteiger partial charge < -0.3 is 33.7 Å². The van der Waals surface area contributed by atoms with Crippen molar-refractivity contribution in [2.45, 2.75) is 25.4 Å². The van der Waals surface area contributed by atoms with Crippen molar-refractivity contribution in [2.24, 2.45) is 0 Å². The van der Waals surface area contributed by atoms with Gasteiger partial charge in [0.2, 0.25) is 6.79 Å². The number of imidazole rings is 1. The molecule has 0 fully saturated rings. The summed E-state index contributed by atoms with van der Waals surface area (Å²) in [6.45, 7) is 2.45. The maximum Gasteiger partial charge on any atom is 0.337 e. The lowest BCUT2D eigenvalue weighted by atomic mass is 9.95. The maximum absolute atomic E-state index is 12.4. The van der Waals surface area contributed by atoms with Gasteiger partial charge in [-0.2, -0.15) is 0 Å². The number of anilines is 3. The predicted molar refractivity (Wildman–Crippen MR) is 168 cm³/mol. The molecule has 3 aliphatic heterocycles. The number of methoxy groups -OCH3 is 2. The molecule has 1 unspecified atom stereocenters. The second-order valence-corrected chi connectivity index (χ2v) is 11.3. The summed E-state index contributed by atoms with van der Waals surface area (Å²) in [6, 6.07) is 24.7. The molecule has 0 spiro atoms. The minimum atomic E-state index is -0.379. The van der Waals surface area contributed by atoms with Crippen LogP contribution in [0.3, 0.4) is 0 Å². The van der Waals surface area contributed by atoms with Gasteiger partial charge in [-0.25, -0.2) is 9.78 Å². The average Bonchev–Trinajstić information content (AvgIpc) is 3.77. The van der Waals surface area contributed by atoms with Crippen molar-refractivity contribution in [1.29, 1.82) is 0 Å². The lowest BCUT2D eigenvalue weighted by Gasteiger charge is -2.24. The highest BCUT2D eigenvalue weighted by Crippen LogP contribution is 2.52. The first-order valence-corrected chi connectivity index (χ1v) is 14.9. The Bertz CT molecular complexity index is 1930. The largest absolute Gasteiger partial charge is 0.465 e. The molecule has 0 bridgehead atoms. The fourth-order valence-corrected chi connectivity index (χ4v) is 6.84. The van der Waals surface area contributed by atoms with Crippen molar-refractivity contribution in [2.75, 3.05) is 44.4 Å². The Hall–Kier alpha value is -5.02. The molecule has 0 saturated heterocycles. The van der Waals surface area contributed by atoms with E-state index < -0.39 is 0 Å². The molecule has 0 aliphatic carbocycles. The zero-order valence-electron chi connectivity index (χ0n) is 24.6. The molecule has 9 nitrogen and oxygen atoms in total. The van der Waals surface area contributed by atoms with Gasteiger partial charge in [0.15, 0.2) is 11.5 Å². The third kappa shape index (κ3) is 4.18. The fraction of sp³-hybridized carbons (Fsp3) is 0.257. The number of aromatic nitrogens is 2. The minimum absolute atomic E-state index is 0.0975. The van der Waals surface area contributed by atoms with E-state index in [1.54, 1.807) is 13.2 Å². The molecule has 0 saturated carbocycles. The lowest BCUT2D eigenvalue weighted by molar-refractivity contribution is 0.0601. The van der Waals surface area contributed by atoms with Crippen LogP contribution in [0.25, 0.3) is 22.4 Å². The van der Waals surface area contributed by atoms with E-state index >= 15 is 0 Å². The van der Waals surface area contributed by atoms with Gasteiger partial charge in [0, 0.05) is 37.9 Å². The van der Waals surface area contributed by atoms with Crippen molar-refractivity contribution >= 4 is 34.1 Å². The van der Waals surface area contributed by atoms with E-state index in [9.17, 15) is 4.79 Å². The molecule has 8 rings (SSSR count). The van der Waals surface area contributed by atoms with Crippen LogP contribution in [-0.2, 0) is 22.4 Å². The van der Waals surface area contributed by atoms with Crippen molar-refractivity contribution in [3.05, 3.63) is 95.1 Å². The SMILES string of the molecule is COCCCn1c(-c2cccc3c2N2CCc4cccc(c42)C(c2ccc4c(c2)OCO4)N3)nc2cc(C(=O)OC)ccc21. The Morgan fingerprint density at radius 2 is 1.89 bits per heavy atom. The van der Waals surface area contributed by atoms with Gasteiger partial charge in [0.1, 0.15) is 5.82 Å². The Morgan fingerprint density at radius 3 is 2.77 bits per heavy atom. The Labute approximate surface area is 254 Å². The van der Waals surface area contributed by atoms with E-state index in [-0.39, 0.29) is 18.8 Å². The number of hydrogen-bond acceptors (Lipinski definition) is 8. The van der Waals surface area contributed by atoms with E-state index in [2.05, 4.69) is 63.3 Å². The molecule has 3 aliphatic rings. The summed E-state index contributed by atoms with van der Waals surface area (Å²) in [5, 5.41) is 3.91. The Balaban J connectivity index is 1.32. The number of fused-ring (bicyclic) bond motifs is 4. The molecule has 44 heavy (non-hydrogen) atoms. The molecule has 0 radical (unpaired) electrons. The zero-order valence-corrected chi connectivity index (χ0v) is 24.6. The second kappa shape index (κ2) is 10.6. The van der Waals surface area contributed by atoms with E-state index in [1.165, 1.54) is 23.9 Å². The number of hydrogen-bond donors (Lipinski definition) is 1. The molecule has 0 amide bonds. The van der Waals surface area contributed by atoms with Crippen LogP contribution in [0.5, 0.6) is 11.5 Å². The summed E-state index contributed by atoms with van der Waals surface area (Å²) in [5.41, 5.74) is 10.2. The van der Waals surface area contributed by atoms with Crippen molar-refractivity contribution < 1.29 is 23.7 Å². The van der Waals surface area contributed by atoms with Crippen LogP contribution in [0.1, 0.15) is 39.5 Å². The quantitative estimate of drug-likeness (QED) is 0.171. The molecule has 1 atom stereocenters. The second-order valence-electron chi connectivity index (χ2n) is 11.3. The van der Waals surface area contributed by atoms with Crippen LogP contribution < -0.4 is 19.7 Å². The van der Waals surface area contributed by atoms with Gasteiger partial charge in [-0.3, -0.25) is 0 Å². The molecule has 1 aromatic heterocycles. The summed E-state index contributed by atoms with van der Waals surface area (Å²) in [7, 11) is 3.11. The summed E-state index contributed by atoms with van der Waals surface area (Å²) < 4.78 is 24.0. The monoisotopic (exact) mass is 588 g/mol. The summed E-state index contributed by atoms with van der Waals surface area (Å²) in [5.74, 6) is 2.01. The predicted octanol–water partition coefficient (Wildman–Crippen LogP) is 6.46. The van der Waals surface area contributed by atoms with Gasteiger partial charge in [0.25, 0.3) is 0 Å². The number of nitrogens with one attached hydrogen (secondary N) is 1. The molecular formula is C35H32N4O5. The van der Waals surface area contributed by atoms with Gasteiger partial charge in [-0.05, 0) is 66.4 Å². The topological polar surface area (TPSA) is 87.1 Å². The van der Waals surface area contributed by atoms with Crippen molar-refractivity contribution in [3.8, 4) is 22.9 Å². The molecule has 222 valence electrons. The number of aryl methyl sites for hydroxylation is 1. The average molecular weight is 589 g/mol. The van der Waals surface area contributed by atoms with Gasteiger partial charge in [0.05, 0.1) is 46.8 Å². The van der Waals surface area contributed by atoms with Gasteiger partial charge >= 0.3 is 5.97 Å². The number of carbonyl (C=O) groups excluding carboxylic acids is 1. The van der Waals surface area contributed by atoms with Crippen LogP contribution in [0.2, 0.25) is 0 Å². The van der Waals surface area contributed by atoms with Crippen LogP contribution in [0, 0.1) is 0 Å². The highest BCUT2D eigenvalue weighted by atomic mass is 16.7. The van der Waals surface area contributed by atoms with Crippen molar-refractivity contribution in [3.63, 3.8) is 0 Å². The number of nitrogens with zero attached hydrogens (tertiary/aromatic N) is 3. The zero-order chi connectivity index (χ0) is 29.8. The van der Waals surface area contributed by atoms with E-state index in [1.807, 2.05) is 18.2 Å². The number of carbonyl (C=O) groups is 1. The fourth-order valence-electron chi connectivity index (χ4n) is 6.84. The van der Waals surface area contributed by atoms with Gasteiger partial charge in [-0.15, -0.1) is 0 Å². The molecule has 4 aromatic carbocycles. The number of benzene rings is 4. The maximum atomic E-state index is 12.4. The van der Waals surface area contributed by atoms with Crippen LogP contribution >= 0.6 is 0 Å². The molecular weight excluding hydrogens is 556 g/mol. The minimum Gasteiger partial charge on any atom is -0.465 e. The number of rotatable bonds is 7. The van der Waals surface area contributed by atoms with Crippen LogP contribution in [-0.4, -0.2) is 49.7 Å². The molecule has 1 N–H and O–H groups in total. The number of para-hydroxylation sites is 2. The summed E-state index contributed by atoms with van der Waals surface area (Å²) in [4.78, 5) is 20.0. The summed E-state index contributed by atoms with van der Waals surface area (Å²) in [6.07, 6.45) is 1.78. The van der Waals surface area contributed by atoms with E-state index in [4.69, 9.17) is 23.9 Å². The number of ether oxygens (including phenoxy) is 4. The highest BCUT2D eigenvalue weighted by molar-refractivity contribution is 5.97. The Kier molecular flexibility index (Phi) is 6.41. The highest BCUT2D eigenvalue weighted by Gasteiger charge is 2.35. The standard InChI is InChI=1S/C35H32N4O5/c1-41-17-5-15-38-28-12-10-23(35(40)42-2)18-27(28)37-34(38)25-8-4-9-26-33(25)39-16-14-21-6-3-7-24(32(21)39)31(36-26)22-11-13-29-30(19-22)44-20-43-29/h3-4,6-13,18-19,31,36H,5,14-17,20H2,1-2H3. The normalized spacial score (nSPS) is 16.0. The first kappa shape index (κ1) is 26.6. The molecule has 9 heteroatoms. The van der Waals surface area contributed by atoms with Crippen LogP contribution in [0.4, 0.5) is 17.1 Å². The van der Waals surface area contributed by atoms with Crippen molar-refractivity contribution in [1.82, 2.24) is 9.55 Å². The molecule has 4 heterocycles. The van der Waals surface area contributed by atoms with E-state index in [0.29, 0.717) is 12.2 Å².